The zero-order valence-corrected chi connectivity index (χ0v) is 19.3. The Morgan fingerprint density at radius 1 is 1.30 bits per heavy atom. The Labute approximate surface area is 187 Å². The molecule has 30 heavy (non-hydrogen) atoms. The third-order valence-corrected chi connectivity index (χ3v) is 6.56. The number of urea groups is 1. The molecule has 7 nitrogen and oxygen atoms in total. The second-order valence-electron chi connectivity index (χ2n) is 7.23. The first kappa shape index (κ1) is 22.4. The Balaban J connectivity index is 1.83. The molecule has 1 atom stereocenters. The molecule has 2 N–H and O–H groups in total. The number of carbonyl (C=O) groups excluding carboxylic acids is 3. The lowest BCUT2D eigenvalue weighted by Crippen LogP contribution is -2.50. The molecule has 1 aliphatic rings. The first-order chi connectivity index (χ1) is 14.3. The minimum Gasteiger partial charge on any atom is -0.463 e. The van der Waals surface area contributed by atoms with E-state index in [9.17, 15) is 14.4 Å². The lowest BCUT2D eigenvalue weighted by atomic mass is 9.94. The minimum atomic E-state index is -1.63. The van der Waals surface area contributed by atoms with Crippen LogP contribution in [0.15, 0.2) is 29.1 Å². The number of rotatable bonds is 7. The summed E-state index contributed by atoms with van der Waals surface area (Å²) in [5.74, 6) is -0.654. The Kier molecular flexibility index (Phi) is 7.25. The van der Waals surface area contributed by atoms with Crippen molar-refractivity contribution in [1.29, 1.82) is 0 Å². The van der Waals surface area contributed by atoms with E-state index in [1.54, 1.807) is 29.9 Å². The normalized spacial score (nSPS) is 16.0. The summed E-state index contributed by atoms with van der Waals surface area (Å²) in [6, 6.07) is 4.68. The molecule has 1 aliphatic carbocycles. The number of ketones is 1. The molecule has 1 unspecified atom stereocenters. The minimum absolute atomic E-state index is 0.0137. The Hall–Kier alpha value is -2.26. The van der Waals surface area contributed by atoms with Crippen LogP contribution in [0.3, 0.4) is 0 Å². The van der Waals surface area contributed by atoms with Gasteiger partial charge in [-0.05, 0) is 54.8 Å². The number of aryl methyl sites for hydroxylation is 1. The second kappa shape index (κ2) is 9.70. The van der Waals surface area contributed by atoms with Gasteiger partial charge in [-0.2, -0.15) is 0 Å². The number of carbonyl (C=O) groups is 3. The van der Waals surface area contributed by atoms with Crippen LogP contribution in [-0.4, -0.2) is 29.4 Å². The van der Waals surface area contributed by atoms with Crippen molar-refractivity contribution in [2.24, 2.45) is 5.92 Å². The number of anilines is 1. The number of aromatic nitrogens is 1. The molecular formula is C21H24BrN3O4S. The van der Waals surface area contributed by atoms with E-state index in [1.807, 2.05) is 13.0 Å². The highest BCUT2D eigenvalue weighted by molar-refractivity contribution is 9.10. The van der Waals surface area contributed by atoms with Gasteiger partial charge >= 0.3 is 12.0 Å². The molecule has 0 aliphatic heterocycles. The maximum Gasteiger partial charge on any atom is 0.349 e. The van der Waals surface area contributed by atoms with E-state index in [2.05, 4.69) is 31.5 Å². The van der Waals surface area contributed by atoms with Crippen LogP contribution < -0.4 is 10.6 Å². The fraction of sp³-hybridized carbons (Fsp3) is 0.429. The fourth-order valence-corrected chi connectivity index (χ4v) is 4.79. The van der Waals surface area contributed by atoms with Gasteiger partial charge in [0.2, 0.25) is 4.45 Å². The molecule has 1 aromatic heterocycles. The average Bonchev–Trinajstić information content (AvgIpc) is 3.43. The molecule has 0 spiro atoms. The smallest absolute Gasteiger partial charge is 0.349 e. The van der Waals surface area contributed by atoms with Crippen LogP contribution in [0.5, 0.6) is 0 Å². The predicted octanol–water partition coefficient (Wildman–Crippen LogP) is 4.76. The number of amides is 2. The number of thiazole rings is 1. The molecule has 1 saturated carbocycles. The maximum atomic E-state index is 13.0. The first-order valence-electron chi connectivity index (χ1n) is 9.84. The van der Waals surface area contributed by atoms with E-state index in [0.29, 0.717) is 16.9 Å². The largest absolute Gasteiger partial charge is 0.463 e. The highest BCUT2D eigenvalue weighted by Crippen LogP contribution is 2.32. The van der Waals surface area contributed by atoms with E-state index in [-0.39, 0.29) is 18.3 Å². The number of nitrogens with one attached hydrogen (secondary N) is 2. The molecule has 2 amide bonds. The van der Waals surface area contributed by atoms with Crippen LogP contribution in [0.2, 0.25) is 0 Å². The number of nitrogens with zero attached hydrogens (tertiary/aromatic N) is 1. The highest BCUT2D eigenvalue weighted by Gasteiger charge is 2.43. The number of Topliss-reactive ketones (excluding diaryl/α,β-unsaturated/α-hetero) is 1. The fourth-order valence-electron chi connectivity index (χ4n) is 3.52. The van der Waals surface area contributed by atoms with Gasteiger partial charge in [-0.15, -0.1) is 11.3 Å². The average molecular weight is 494 g/mol. The van der Waals surface area contributed by atoms with Crippen LogP contribution >= 0.6 is 27.3 Å². The molecule has 2 aromatic rings. The summed E-state index contributed by atoms with van der Waals surface area (Å²) in [6.45, 7) is 3.74. The maximum absolute atomic E-state index is 13.0. The summed E-state index contributed by atoms with van der Waals surface area (Å²) in [7, 11) is 0. The van der Waals surface area contributed by atoms with Crippen LogP contribution in [0.4, 0.5) is 10.5 Å². The van der Waals surface area contributed by atoms with Crippen molar-refractivity contribution < 1.29 is 19.1 Å². The van der Waals surface area contributed by atoms with Crippen molar-refractivity contribution in [2.45, 2.75) is 44.0 Å². The molecule has 3 rings (SSSR count). The van der Waals surface area contributed by atoms with Crippen molar-refractivity contribution in [3.05, 3.63) is 45.9 Å². The van der Waals surface area contributed by atoms with Gasteiger partial charge in [0, 0.05) is 16.9 Å². The lowest BCUT2D eigenvalue weighted by Gasteiger charge is -2.25. The van der Waals surface area contributed by atoms with Crippen LogP contribution in [-0.2, 0) is 14.0 Å². The number of esters is 1. The topological polar surface area (TPSA) is 97.4 Å². The summed E-state index contributed by atoms with van der Waals surface area (Å²) in [5.41, 5.74) is 3.70. The Morgan fingerprint density at radius 2 is 2.03 bits per heavy atom. The molecule has 1 heterocycles. The predicted molar refractivity (Wildman–Crippen MR) is 119 cm³/mol. The molecule has 1 fully saturated rings. The van der Waals surface area contributed by atoms with Crippen LogP contribution in [0.25, 0.3) is 0 Å². The van der Waals surface area contributed by atoms with Gasteiger partial charge in [-0.1, -0.05) is 24.5 Å². The lowest BCUT2D eigenvalue weighted by molar-refractivity contribution is -0.146. The number of ether oxygens (including phenoxy) is 1. The van der Waals surface area contributed by atoms with Gasteiger partial charge < -0.3 is 15.4 Å². The summed E-state index contributed by atoms with van der Waals surface area (Å²) in [6.07, 6.45) is 3.83. The van der Waals surface area contributed by atoms with Gasteiger partial charge in [0.15, 0.2) is 5.78 Å². The quantitative estimate of drug-likeness (QED) is 0.251. The van der Waals surface area contributed by atoms with E-state index >= 15 is 0 Å². The van der Waals surface area contributed by atoms with Crippen molar-refractivity contribution in [2.75, 3.05) is 11.9 Å². The SMILES string of the molecule is CCOC(=O)C(Br)(NC(=O)Nc1ccc(C)cc1C(=O)C1CCCC1)c1cscn1. The van der Waals surface area contributed by atoms with Gasteiger partial charge in [-0.25, -0.2) is 14.6 Å². The van der Waals surface area contributed by atoms with Crippen LogP contribution in [0, 0.1) is 12.8 Å². The molecule has 0 saturated heterocycles. The molecule has 0 bridgehead atoms. The van der Waals surface area contributed by atoms with Gasteiger partial charge in [-0.3, -0.25) is 4.79 Å². The number of halogens is 1. The second-order valence-corrected chi connectivity index (χ2v) is 9.13. The van der Waals surface area contributed by atoms with Crippen molar-refractivity contribution in [3.8, 4) is 0 Å². The van der Waals surface area contributed by atoms with Crippen molar-refractivity contribution in [1.82, 2.24) is 10.3 Å². The van der Waals surface area contributed by atoms with E-state index in [1.165, 1.54) is 11.3 Å². The number of alkyl halides is 1. The number of hydrogen-bond donors (Lipinski definition) is 2. The zero-order valence-electron chi connectivity index (χ0n) is 16.9. The summed E-state index contributed by atoms with van der Waals surface area (Å²) in [4.78, 5) is 42.5. The summed E-state index contributed by atoms with van der Waals surface area (Å²) >= 11 is 4.59. The molecule has 9 heteroatoms. The third-order valence-electron chi connectivity index (χ3n) is 5.04. The van der Waals surface area contributed by atoms with Gasteiger partial charge in [0.05, 0.1) is 23.5 Å². The first-order valence-corrected chi connectivity index (χ1v) is 11.6. The number of benzene rings is 1. The van der Waals surface area contributed by atoms with E-state index in [0.717, 1.165) is 31.2 Å². The standard InChI is InChI=1S/C21H24BrN3O4S/c1-3-29-19(27)21(22,17-11-30-12-23-17)25-20(28)24-16-9-8-13(2)10-15(16)18(26)14-6-4-5-7-14/h8-12,14H,3-7H2,1-2H3,(H2,24,25,28). The number of hydrogen-bond acceptors (Lipinski definition) is 6. The van der Waals surface area contributed by atoms with Crippen molar-refractivity contribution >= 4 is 50.7 Å². The highest BCUT2D eigenvalue weighted by atomic mass is 79.9. The zero-order chi connectivity index (χ0) is 21.7. The third kappa shape index (κ3) is 4.89. The molecule has 0 radical (unpaired) electrons. The summed E-state index contributed by atoms with van der Waals surface area (Å²) < 4.78 is 3.48. The Bertz CT molecular complexity index is 928. The van der Waals surface area contributed by atoms with Gasteiger partial charge in [0.1, 0.15) is 0 Å². The monoisotopic (exact) mass is 493 g/mol. The molecule has 160 valence electrons. The summed E-state index contributed by atoms with van der Waals surface area (Å²) in [5, 5.41) is 6.97. The van der Waals surface area contributed by atoms with Crippen LogP contribution in [0.1, 0.15) is 54.2 Å². The molecule has 1 aromatic carbocycles. The molecular weight excluding hydrogens is 470 g/mol. The van der Waals surface area contributed by atoms with E-state index < -0.39 is 16.4 Å². The van der Waals surface area contributed by atoms with Crippen molar-refractivity contribution in [3.63, 3.8) is 0 Å². The van der Waals surface area contributed by atoms with Gasteiger partial charge in [0.25, 0.3) is 0 Å². The Morgan fingerprint density at radius 3 is 2.67 bits per heavy atom. The van der Waals surface area contributed by atoms with E-state index in [4.69, 9.17) is 4.74 Å².